The van der Waals surface area contributed by atoms with E-state index in [1.807, 2.05) is 31.3 Å². The largest absolute Gasteiger partial charge is 0.384 e. The average molecular weight is 192 g/mol. The Labute approximate surface area is 84.5 Å². The Morgan fingerprint density at radius 3 is 2.79 bits per heavy atom. The van der Waals surface area contributed by atoms with Crippen molar-refractivity contribution in [3.63, 3.8) is 0 Å². The Morgan fingerprint density at radius 1 is 1.29 bits per heavy atom. The summed E-state index contributed by atoms with van der Waals surface area (Å²) in [5.41, 5.74) is 1.63. The molecule has 0 aliphatic heterocycles. The molecular weight excluding hydrogens is 176 g/mol. The molecule has 0 aromatic heterocycles. The molecule has 0 saturated heterocycles. The molecule has 3 heteroatoms. The van der Waals surface area contributed by atoms with E-state index < -0.39 is 0 Å². The normalized spacial score (nSPS) is 9.79. The monoisotopic (exact) mass is 192 g/mol. The van der Waals surface area contributed by atoms with E-state index in [4.69, 9.17) is 0 Å². The lowest BCUT2D eigenvalue weighted by Gasteiger charge is -2.07. The molecule has 76 valence electrons. The smallest absolute Gasteiger partial charge is 0.152 e. The number of hydrogen-bond donors (Lipinski definition) is 2. The van der Waals surface area contributed by atoms with Crippen LogP contribution < -0.4 is 10.6 Å². The highest BCUT2D eigenvalue weighted by Crippen LogP contribution is 2.11. The Kier molecular flexibility index (Phi) is 4.72. The maximum absolute atomic E-state index is 10.7. The summed E-state index contributed by atoms with van der Waals surface area (Å²) in [6.45, 7) is 1.86. The summed E-state index contributed by atoms with van der Waals surface area (Å²) in [5, 5.41) is 6.30. The van der Waals surface area contributed by atoms with Gasteiger partial charge in [0.15, 0.2) is 6.29 Å². The van der Waals surface area contributed by atoms with Gasteiger partial charge in [-0.2, -0.15) is 0 Å². The molecule has 0 bridgehead atoms. The van der Waals surface area contributed by atoms with Crippen molar-refractivity contribution < 1.29 is 4.79 Å². The van der Waals surface area contributed by atoms with Crippen LogP contribution in [-0.2, 0) is 0 Å². The Hall–Kier alpha value is -1.35. The van der Waals surface area contributed by atoms with Crippen LogP contribution in [0.1, 0.15) is 16.8 Å². The molecule has 1 aromatic rings. The third-order valence-corrected chi connectivity index (χ3v) is 2.01. The van der Waals surface area contributed by atoms with Crippen LogP contribution in [0.2, 0.25) is 0 Å². The van der Waals surface area contributed by atoms with E-state index in [1.165, 1.54) is 0 Å². The SMILES string of the molecule is CNCCCNc1ccccc1C=O. The van der Waals surface area contributed by atoms with Crippen molar-refractivity contribution in [2.75, 3.05) is 25.5 Å². The lowest BCUT2D eigenvalue weighted by molar-refractivity contribution is 0.112. The van der Waals surface area contributed by atoms with Crippen LogP contribution in [0.15, 0.2) is 24.3 Å². The molecule has 3 nitrogen and oxygen atoms in total. The number of anilines is 1. The maximum Gasteiger partial charge on any atom is 0.152 e. The first-order chi connectivity index (χ1) is 6.88. The van der Waals surface area contributed by atoms with Gasteiger partial charge in [0.05, 0.1) is 0 Å². The molecule has 0 spiro atoms. The molecule has 0 radical (unpaired) electrons. The summed E-state index contributed by atoms with van der Waals surface area (Å²) >= 11 is 0. The molecule has 0 aliphatic carbocycles. The lowest BCUT2D eigenvalue weighted by atomic mass is 10.2. The van der Waals surface area contributed by atoms with Crippen molar-refractivity contribution >= 4 is 12.0 Å². The zero-order valence-corrected chi connectivity index (χ0v) is 8.42. The van der Waals surface area contributed by atoms with Gasteiger partial charge < -0.3 is 10.6 Å². The van der Waals surface area contributed by atoms with Crippen molar-refractivity contribution in [2.24, 2.45) is 0 Å². The number of rotatable bonds is 6. The van der Waals surface area contributed by atoms with E-state index >= 15 is 0 Å². The van der Waals surface area contributed by atoms with Crippen molar-refractivity contribution in [3.8, 4) is 0 Å². The minimum atomic E-state index is 0.719. The van der Waals surface area contributed by atoms with Gasteiger partial charge in [-0.3, -0.25) is 4.79 Å². The predicted octanol–water partition coefficient (Wildman–Crippen LogP) is 1.52. The lowest BCUT2D eigenvalue weighted by Crippen LogP contribution is -2.13. The van der Waals surface area contributed by atoms with Gasteiger partial charge in [-0.1, -0.05) is 12.1 Å². The second-order valence-electron chi connectivity index (χ2n) is 3.09. The molecule has 1 rings (SSSR count). The van der Waals surface area contributed by atoms with Gasteiger partial charge in [0.2, 0.25) is 0 Å². The van der Waals surface area contributed by atoms with Crippen LogP contribution in [0.5, 0.6) is 0 Å². The van der Waals surface area contributed by atoms with E-state index in [1.54, 1.807) is 0 Å². The summed E-state index contributed by atoms with van der Waals surface area (Å²) in [5.74, 6) is 0. The summed E-state index contributed by atoms with van der Waals surface area (Å²) < 4.78 is 0. The Balaban J connectivity index is 2.45. The van der Waals surface area contributed by atoms with Crippen LogP contribution in [0.4, 0.5) is 5.69 Å². The molecule has 0 amide bonds. The maximum atomic E-state index is 10.7. The van der Waals surface area contributed by atoms with Gasteiger partial charge in [-0.15, -0.1) is 0 Å². The molecule has 14 heavy (non-hydrogen) atoms. The van der Waals surface area contributed by atoms with Gasteiger partial charge >= 0.3 is 0 Å². The van der Waals surface area contributed by atoms with E-state index in [9.17, 15) is 4.79 Å². The zero-order valence-electron chi connectivity index (χ0n) is 8.42. The first-order valence-electron chi connectivity index (χ1n) is 4.81. The fraction of sp³-hybridized carbons (Fsp3) is 0.364. The number of carbonyl (C=O) groups excluding carboxylic acids is 1. The third-order valence-electron chi connectivity index (χ3n) is 2.01. The summed E-state index contributed by atoms with van der Waals surface area (Å²) in [7, 11) is 1.93. The summed E-state index contributed by atoms with van der Waals surface area (Å²) in [6.07, 6.45) is 1.92. The molecule has 0 saturated carbocycles. The fourth-order valence-electron chi connectivity index (χ4n) is 1.25. The highest BCUT2D eigenvalue weighted by atomic mass is 16.1. The van der Waals surface area contributed by atoms with Crippen LogP contribution in [0.3, 0.4) is 0 Å². The van der Waals surface area contributed by atoms with Gasteiger partial charge in [0.1, 0.15) is 0 Å². The third kappa shape index (κ3) is 3.18. The second-order valence-corrected chi connectivity index (χ2v) is 3.09. The number of hydrogen-bond acceptors (Lipinski definition) is 3. The minimum Gasteiger partial charge on any atom is -0.384 e. The molecule has 0 aliphatic rings. The van der Waals surface area contributed by atoms with E-state index in [-0.39, 0.29) is 0 Å². The molecule has 0 atom stereocenters. The van der Waals surface area contributed by atoms with Crippen molar-refractivity contribution in [2.45, 2.75) is 6.42 Å². The van der Waals surface area contributed by atoms with Crippen LogP contribution in [-0.4, -0.2) is 26.4 Å². The van der Waals surface area contributed by atoms with Gasteiger partial charge in [-0.05, 0) is 32.1 Å². The quantitative estimate of drug-likeness (QED) is 0.530. The first kappa shape index (κ1) is 10.7. The van der Waals surface area contributed by atoms with Crippen LogP contribution in [0.25, 0.3) is 0 Å². The van der Waals surface area contributed by atoms with Gasteiger partial charge in [-0.25, -0.2) is 0 Å². The highest BCUT2D eigenvalue weighted by molar-refractivity contribution is 5.83. The number of benzene rings is 1. The van der Waals surface area contributed by atoms with Gasteiger partial charge in [0, 0.05) is 17.8 Å². The van der Waals surface area contributed by atoms with Crippen LogP contribution in [0, 0.1) is 0 Å². The first-order valence-corrected chi connectivity index (χ1v) is 4.81. The topological polar surface area (TPSA) is 41.1 Å². The van der Waals surface area contributed by atoms with E-state index in [0.717, 1.165) is 37.0 Å². The molecule has 0 fully saturated rings. The summed E-state index contributed by atoms with van der Waals surface area (Å²) in [4.78, 5) is 10.7. The second kappa shape index (κ2) is 6.16. The number of carbonyl (C=O) groups is 1. The van der Waals surface area contributed by atoms with Gasteiger partial charge in [0.25, 0.3) is 0 Å². The molecule has 1 aromatic carbocycles. The highest BCUT2D eigenvalue weighted by Gasteiger charge is 1.97. The minimum absolute atomic E-state index is 0.719. The van der Waals surface area contributed by atoms with E-state index in [0.29, 0.717) is 0 Å². The number of para-hydroxylation sites is 1. The van der Waals surface area contributed by atoms with Crippen molar-refractivity contribution in [1.82, 2.24) is 5.32 Å². The Morgan fingerprint density at radius 2 is 2.07 bits per heavy atom. The van der Waals surface area contributed by atoms with Crippen molar-refractivity contribution in [3.05, 3.63) is 29.8 Å². The zero-order chi connectivity index (χ0) is 10.2. The number of aldehydes is 1. The Bertz CT molecular complexity index is 286. The van der Waals surface area contributed by atoms with Crippen molar-refractivity contribution in [1.29, 1.82) is 0 Å². The predicted molar refractivity (Wildman–Crippen MR) is 58.9 cm³/mol. The number of nitrogens with one attached hydrogen (secondary N) is 2. The average Bonchev–Trinajstić information content (AvgIpc) is 2.25. The van der Waals surface area contributed by atoms with Crippen LogP contribution >= 0.6 is 0 Å². The molecule has 0 heterocycles. The fourth-order valence-corrected chi connectivity index (χ4v) is 1.25. The van der Waals surface area contributed by atoms with E-state index in [2.05, 4.69) is 10.6 Å². The molecular formula is C11H16N2O. The standard InChI is InChI=1S/C11H16N2O/c1-12-7-4-8-13-11-6-3-2-5-10(11)9-14/h2-3,5-6,9,12-13H,4,7-8H2,1H3. The summed E-state index contributed by atoms with van der Waals surface area (Å²) in [6, 6.07) is 7.52. The molecule has 2 N–H and O–H groups in total. The molecule has 0 unspecified atom stereocenters.